The van der Waals surface area contributed by atoms with Crippen LogP contribution in [0.3, 0.4) is 0 Å². The second kappa shape index (κ2) is 19.7. The number of alkyl halides is 1. The molecule has 0 aromatic rings. The van der Waals surface area contributed by atoms with Gasteiger partial charge in [0.05, 0.1) is 65.5 Å². The van der Waals surface area contributed by atoms with Crippen LogP contribution in [0.15, 0.2) is 0 Å². The van der Waals surface area contributed by atoms with Crippen LogP contribution in [0, 0.1) is 0 Å². The standard InChI is InChI=1S/C22H37ClN2O9/c23-7-3-1-2-4-9-31-11-13-33-15-16-34-14-12-32-10-8-24-19(26)17-18(22(29)30)25-20(27)5-6-21(25)28/h18H,1-17H2,(H,24,26)(H,29,30)/q+1. The maximum atomic E-state index is 12.0. The number of carbonyl (C=O) groups excluding carboxylic acids is 3. The van der Waals surface area contributed by atoms with E-state index >= 15 is 0 Å². The van der Waals surface area contributed by atoms with Crippen LogP contribution >= 0.6 is 11.6 Å². The summed E-state index contributed by atoms with van der Waals surface area (Å²) in [5.41, 5.74) is 0. The summed E-state index contributed by atoms with van der Waals surface area (Å²) >= 11 is 5.62. The molecule has 1 saturated heterocycles. The number of amides is 3. The molecule has 0 bridgehead atoms. The van der Waals surface area contributed by atoms with Crippen molar-refractivity contribution in [3.63, 3.8) is 0 Å². The summed E-state index contributed by atoms with van der Waals surface area (Å²) in [6.45, 7) is 3.79. The van der Waals surface area contributed by atoms with Crippen molar-refractivity contribution in [1.29, 1.82) is 0 Å². The number of nitrogens with zero attached hydrogens (tertiary/aromatic N) is 1. The average molecular weight is 509 g/mol. The number of aliphatic carboxylic acids is 1. The first-order chi connectivity index (χ1) is 16.5. The van der Waals surface area contributed by atoms with Crippen LogP contribution in [-0.2, 0) is 38.1 Å². The molecule has 195 valence electrons. The van der Waals surface area contributed by atoms with E-state index in [9.17, 15) is 24.3 Å². The predicted octanol–water partition coefficient (Wildman–Crippen LogP) is 0.799. The molecule has 1 rings (SSSR count). The molecule has 0 aliphatic carbocycles. The molecule has 0 saturated carbocycles. The average Bonchev–Trinajstić information content (AvgIpc) is 3.14. The molecule has 1 aliphatic heterocycles. The number of imide groups is 1. The number of ether oxygens (including phenoxy) is 4. The third kappa shape index (κ3) is 13.9. The molecule has 0 aromatic heterocycles. The second-order valence-electron chi connectivity index (χ2n) is 7.62. The predicted molar refractivity (Wildman–Crippen MR) is 123 cm³/mol. The summed E-state index contributed by atoms with van der Waals surface area (Å²) in [5, 5.41) is 11.8. The van der Waals surface area contributed by atoms with E-state index in [0.29, 0.717) is 50.4 Å². The molecule has 1 unspecified atom stereocenters. The van der Waals surface area contributed by atoms with Crippen LogP contribution in [0.5, 0.6) is 0 Å². The van der Waals surface area contributed by atoms with Gasteiger partial charge in [-0.15, -0.1) is 11.6 Å². The maximum absolute atomic E-state index is 12.0. The van der Waals surface area contributed by atoms with Gasteiger partial charge < -0.3 is 29.4 Å². The highest BCUT2D eigenvalue weighted by molar-refractivity contribution is 6.17. The summed E-state index contributed by atoms with van der Waals surface area (Å²) in [6, 6.07) is -1.49. The highest BCUT2D eigenvalue weighted by Crippen LogP contribution is 2.14. The van der Waals surface area contributed by atoms with E-state index in [0.717, 1.165) is 32.3 Å². The first kappa shape index (κ1) is 30.4. The van der Waals surface area contributed by atoms with Crippen molar-refractivity contribution >= 4 is 35.3 Å². The Kier molecular flexibility index (Phi) is 17.6. The summed E-state index contributed by atoms with van der Waals surface area (Å²) in [5.74, 6) is -2.40. The number of carbonyl (C=O) groups is 4. The van der Waals surface area contributed by atoms with Gasteiger partial charge in [0.15, 0.2) is 0 Å². The molecule has 1 atom stereocenters. The Bertz CT molecular complexity index is 605. The van der Waals surface area contributed by atoms with E-state index in [-0.39, 0.29) is 26.0 Å². The molecule has 1 heterocycles. The van der Waals surface area contributed by atoms with E-state index in [4.69, 9.17) is 30.5 Å². The second-order valence-corrected chi connectivity index (χ2v) is 8.00. The van der Waals surface area contributed by atoms with Crippen molar-refractivity contribution in [1.82, 2.24) is 10.2 Å². The van der Waals surface area contributed by atoms with Crippen molar-refractivity contribution in [3.8, 4) is 0 Å². The van der Waals surface area contributed by atoms with Gasteiger partial charge in [0.25, 0.3) is 6.04 Å². The van der Waals surface area contributed by atoms with Gasteiger partial charge in [-0.25, -0.2) is 14.4 Å². The minimum atomic E-state index is -1.49. The monoisotopic (exact) mass is 508 g/mol. The number of hydrogen-bond donors (Lipinski definition) is 2. The van der Waals surface area contributed by atoms with Crippen molar-refractivity contribution < 1.29 is 43.2 Å². The summed E-state index contributed by atoms with van der Waals surface area (Å²) in [6.07, 6.45) is 3.80. The lowest BCUT2D eigenvalue weighted by atomic mass is 10.1. The number of nitrogens with one attached hydrogen (secondary N) is 1. The number of unbranched alkanes of at least 4 members (excludes halogenated alkanes) is 3. The quantitative estimate of drug-likeness (QED) is 0.0938. The van der Waals surface area contributed by atoms with Crippen molar-refractivity contribution in [3.05, 3.63) is 0 Å². The van der Waals surface area contributed by atoms with Gasteiger partial charge in [0, 0.05) is 19.0 Å². The first-order valence-corrected chi connectivity index (χ1v) is 12.2. The number of rotatable bonds is 22. The van der Waals surface area contributed by atoms with Crippen molar-refractivity contribution in [2.75, 3.05) is 65.3 Å². The lowest BCUT2D eigenvalue weighted by molar-refractivity contribution is -0.149. The number of likely N-dealkylation sites (tertiary alicyclic amines) is 1. The third-order valence-electron chi connectivity index (χ3n) is 4.92. The zero-order chi connectivity index (χ0) is 25.0. The van der Waals surface area contributed by atoms with Gasteiger partial charge in [-0.1, -0.05) is 12.8 Å². The van der Waals surface area contributed by atoms with Crippen molar-refractivity contribution in [2.45, 2.75) is 51.0 Å². The molecule has 2 N–H and O–H groups in total. The van der Waals surface area contributed by atoms with Gasteiger partial charge in [0.1, 0.15) is 0 Å². The van der Waals surface area contributed by atoms with E-state index in [1.165, 1.54) is 0 Å². The Morgan fingerprint density at radius 2 is 1.32 bits per heavy atom. The van der Waals surface area contributed by atoms with Gasteiger partial charge in [0.2, 0.25) is 5.91 Å². The zero-order valence-corrected chi connectivity index (χ0v) is 20.4. The van der Waals surface area contributed by atoms with Gasteiger partial charge in [-0.2, -0.15) is 0 Å². The summed E-state index contributed by atoms with van der Waals surface area (Å²) < 4.78 is 21.6. The maximum Gasteiger partial charge on any atom is 0.370 e. The van der Waals surface area contributed by atoms with E-state index in [2.05, 4.69) is 5.32 Å². The highest BCUT2D eigenvalue weighted by Gasteiger charge is 2.51. The summed E-state index contributed by atoms with van der Waals surface area (Å²) in [4.78, 5) is 47.4. The van der Waals surface area contributed by atoms with Crippen LogP contribution in [0.25, 0.3) is 0 Å². The first-order valence-electron chi connectivity index (χ1n) is 11.7. The number of halogens is 1. The Labute approximate surface area is 205 Å². The van der Waals surface area contributed by atoms with Gasteiger partial charge in [-0.05, 0) is 17.7 Å². The van der Waals surface area contributed by atoms with E-state index in [1.807, 2.05) is 0 Å². The molecule has 1 fully saturated rings. The normalized spacial score (nSPS) is 15.1. The smallest absolute Gasteiger partial charge is 0.370 e. The lowest BCUT2D eigenvalue weighted by Crippen LogP contribution is -2.51. The molecule has 3 amide bonds. The number of carboxylic acids is 1. The fraction of sp³-hybridized carbons (Fsp3) is 0.818. The molecule has 0 spiro atoms. The molecule has 12 heteroatoms. The molecule has 34 heavy (non-hydrogen) atoms. The van der Waals surface area contributed by atoms with Crippen LogP contribution < -0.4 is 10.2 Å². The Morgan fingerprint density at radius 1 is 0.824 bits per heavy atom. The van der Waals surface area contributed by atoms with Crippen LogP contribution in [0.1, 0.15) is 44.9 Å². The lowest BCUT2D eigenvalue weighted by Gasteiger charge is -2.11. The van der Waals surface area contributed by atoms with E-state index < -0.39 is 36.2 Å². The largest absolute Gasteiger partial charge is 0.477 e. The molecule has 0 aromatic carbocycles. The number of hydrogen-bond acceptors (Lipinski definition) is 8. The zero-order valence-electron chi connectivity index (χ0n) is 19.6. The van der Waals surface area contributed by atoms with Crippen molar-refractivity contribution in [2.24, 2.45) is 0 Å². The highest BCUT2D eigenvalue weighted by atomic mass is 35.5. The molecule has 1 aliphatic rings. The summed E-state index contributed by atoms with van der Waals surface area (Å²) in [7, 11) is 0. The fourth-order valence-electron chi connectivity index (χ4n) is 3.15. The Balaban J connectivity index is 1.91. The fourth-order valence-corrected chi connectivity index (χ4v) is 3.34. The molecule has 11 nitrogen and oxygen atoms in total. The molecular weight excluding hydrogens is 472 g/mol. The SMILES string of the molecule is O=C(CC(C(=O)O)[N+]1C(=O)CCC1=O)NCCOCCOCCOCCOCCCCCCCl. The minimum Gasteiger partial charge on any atom is -0.477 e. The van der Waals surface area contributed by atoms with Crippen LogP contribution in [0.4, 0.5) is 0 Å². The molecular formula is C22H37ClN2O9+. The van der Waals surface area contributed by atoms with E-state index in [1.54, 1.807) is 0 Å². The molecule has 1 radical (unpaired) electrons. The third-order valence-corrected chi connectivity index (χ3v) is 5.19. The Morgan fingerprint density at radius 3 is 1.85 bits per heavy atom. The minimum absolute atomic E-state index is 0.0310. The Hall–Kier alpha value is -1.63. The van der Waals surface area contributed by atoms with Gasteiger partial charge >= 0.3 is 17.8 Å². The van der Waals surface area contributed by atoms with Gasteiger partial charge in [-0.3, -0.25) is 4.79 Å². The van der Waals surface area contributed by atoms with Crippen LogP contribution in [-0.4, -0.2) is 100 Å². The van der Waals surface area contributed by atoms with Crippen LogP contribution in [0.2, 0.25) is 0 Å². The number of carboxylic acid groups (broad SMARTS) is 1. The topological polar surface area (TPSA) is 143 Å².